The summed E-state index contributed by atoms with van der Waals surface area (Å²) < 4.78 is 26.8. The topological polar surface area (TPSA) is 92.5 Å². The van der Waals surface area contributed by atoms with Gasteiger partial charge >= 0.3 is 0 Å². The smallest absolute Gasteiger partial charge is 0.270 e. The third kappa shape index (κ3) is 3.39. The number of piperidine rings is 1. The molecule has 0 amide bonds. The summed E-state index contributed by atoms with van der Waals surface area (Å²) in [4.78, 5) is 10.3. The SMILES string of the molecule is O=[N+]([O-])c1cccc(S(=O)(=O)N2CCC(C3CCCN3)CC2)c1. The highest BCUT2D eigenvalue weighted by atomic mass is 32.2. The molecule has 0 saturated carbocycles. The van der Waals surface area contributed by atoms with Crippen molar-refractivity contribution in [2.45, 2.75) is 36.6 Å². The Morgan fingerprint density at radius 3 is 2.57 bits per heavy atom. The molecule has 7 nitrogen and oxygen atoms in total. The van der Waals surface area contributed by atoms with E-state index in [9.17, 15) is 18.5 Å². The fourth-order valence-electron chi connectivity index (χ4n) is 3.54. The first-order valence-corrected chi connectivity index (χ1v) is 9.40. The van der Waals surface area contributed by atoms with Gasteiger partial charge in [-0.25, -0.2) is 8.42 Å². The number of nitrogens with one attached hydrogen (secondary N) is 1. The summed E-state index contributed by atoms with van der Waals surface area (Å²) in [5, 5.41) is 14.3. The van der Waals surface area contributed by atoms with Gasteiger partial charge in [0.1, 0.15) is 0 Å². The van der Waals surface area contributed by atoms with Gasteiger partial charge in [-0.3, -0.25) is 10.1 Å². The van der Waals surface area contributed by atoms with E-state index in [4.69, 9.17) is 0 Å². The lowest BCUT2D eigenvalue weighted by Gasteiger charge is -2.34. The Morgan fingerprint density at radius 2 is 1.96 bits per heavy atom. The molecule has 1 N–H and O–H groups in total. The second-order valence-corrected chi connectivity index (χ2v) is 8.14. The van der Waals surface area contributed by atoms with E-state index in [1.54, 1.807) is 0 Å². The fourth-order valence-corrected chi connectivity index (χ4v) is 5.05. The van der Waals surface area contributed by atoms with Crippen LogP contribution in [0.1, 0.15) is 25.7 Å². The molecule has 8 heteroatoms. The molecule has 1 aromatic carbocycles. The molecule has 2 fully saturated rings. The first kappa shape index (κ1) is 16.4. The van der Waals surface area contributed by atoms with Crippen molar-refractivity contribution in [3.63, 3.8) is 0 Å². The van der Waals surface area contributed by atoms with Crippen LogP contribution >= 0.6 is 0 Å². The van der Waals surface area contributed by atoms with Crippen LogP contribution in [-0.4, -0.2) is 43.3 Å². The number of rotatable bonds is 4. The van der Waals surface area contributed by atoms with Gasteiger partial charge in [0.05, 0.1) is 9.82 Å². The van der Waals surface area contributed by atoms with E-state index in [1.165, 1.54) is 35.3 Å². The molecule has 0 bridgehead atoms. The lowest BCUT2D eigenvalue weighted by molar-refractivity contribution is -0.385. The van der Waals surface area contributed by atoms with E-state index in [0.29, 0.717) is 25.0 Å². The third-order valence-electron chi connectivity index (χ3n) is 4.83. The largest absolute Gasteiger partial charge is 0.314 e. The van der Waals surface area contributed by atoms with Gasteiger partial charge in [0.2, 0.25) is 10.0 Å². The lowest BCUT2D eigenvalue weighted by Crippen LogP contribution is -2.43. The van der Waals surface area contributed by atoms with Crippen molar-refractivity contribution in [2.24, 2.45) is 5.92 Å². The van der Waals surface area contributed by atoms with Gasteiger partial charge < -0.3 is 5.32 Å². The Balaban J connectivity index is 1.71. The summed E-state index contributed by atoms with van der Waals surface area (Å²) in [6.45, 7) is 2.01. The van der Waals surface area contributed by atoms with Gasteiger partial charge in [0.25, 0.3) is 5.69 Å². The Morgan fingerprint density at radius 1 is 1.22 bits per heavy atom. The van der Waals surface area contributed by atoms with E-state index in [1.807, 2.05) is 0 Å². The number of non-ortho nitro benzene ring substituents is 1. The van der Waals surface area contributed by atoms with Crippen LogP contribution in [0.25, 0.3) is 0 Å². The predicted molar refractivity (Wildman–Crippen MR) is 85.6 cm³/mol. The van der Waals surface area contributed by atoms with Gasteiger partial charge in [0.15, 0.2) is 0 Å². The summed E-state index contributed by atoms with van der Waals surface area (Å²) >= 11 is 0. The van der Waals surface area contributed by atoms with Gasteiger partial charge in [-0.15, -0.1) is 0 Å². The van der Waals surface area contributed by atoms with Crippen molar-refractivity contribution in [2.75, 3.05) is 19.6 Å². The molecule has 3 rings (SSSR count). The normalized spacial score (nSPS) is 23.9. The average molecular weight is 339 g/mol. The van der Waals surface area contributed by atoms with Crippen LogP contribution in [0.15, 0.2) is 29.2 Å². The van der Waals surface area contributed by atoms with Gasteiger partial charge in [-0.2, -0.15) is 4.31 Å². The zero-order valence-corrected chi connectivity index (χ0v) is 13.7. The molecule has 2 heterocycles. The number of nitrogens with zero attached hydrogens (tertiary/aromatic N) is 2. The summed E-state index contributed by atoms with van der Waals surface area (Å²) in [5.74, 6) is 0.522. The Kier molecular flexibility index (Phi) is 4.65. The molecule has 126 valence electrons. The van der Waals surface area contributed by atoms with Crippen LogP contribution in [-0.2, 0) is 10.0 Å². The van der Waals surface area contributed by atoms with E-state index >= 15 is 0 Å². The first-order chi connectivity index (χ1) is 11.0. The van der Waals surface area contributed by atoms with Crippen LogP contribution in [0.3, 0.4) is 0 Å². The molecule has 2 aliphatic rings. The van der Waals surface area contributed by atoms with Gasteiger partial charge in [0, 0.05) is 31.3 Å². The number of nitro groups is 1. The zero-order valence-electron chi connectivity index (χ0n) is 12.8. The average Bonchev–Trinajstić information content (AvgIpc) is 3.09. The van der Waals surface area contributed by atoms with Crippen molar-refractivity contribution in [1.82, 2.24) is 9.62 Å². The van der Waals surface area contributed by atoms with Crippen LogP contribution < -0.4 is 5.32 Å². The predicted octanol–water partition coefficient (Wildman–Crippen LogP) is 1.75. The number of hydrogen-bond donors (Lipinski definition) is 1. The van der Waals surface area contributed by atoms with Crippen LogP contribution in [0.5, 0.6) is 0 Å². The van der Waals surface area contributed by atoms with Crippen LogP contribution in [0.2, 0.25) is 0 Å². The third-order valence-corrected chi connectivity index (χ3v) is 6.73. The Hall–Kier alpha value is -1.51. The molecular formula is C15H21N3O4S. The Bertz CT molecular complexity index is 678. The fraction of sp³-hybridized carbons (Fsp3) is 0.600. The molecule has 23 heavy (non-hydrogen) atoms. The van der Waals surface area contributed by atoms with E-state index in [2.05, 4.69) is 5.32 Å². The van der Waals surface area contributed by atoms with Gasteiger partial charge in [-0.05, 0) is 44.2 Å². The van der Waals surface area contributed by atoms with Crippen molar-refractivity contribution >= 4 is 15.7 Å². The van der Waals surface area contributed by atoms with Crippen molar-refractivity contribution < 1.29 is 13.3 Å². The summed E-state index contributed by atoms with van der Waals surface area (Å²) in [7, 11) is -3.66. The van der Waals surface area contributed by atoms with Crippen LogP contribution in [0.4, 0.5) is 5.69 Å². The zero-order chi connectivity index (χ0) is 16.4. The van der Waals surface area contributed by atoms with Crippen molar-refractivity contribution in [3.8, 4) is 0 Å². The summed E-state index contributed by atoms with van der Waals surface area (Å²) in [5.41, 5.74) is -0.198. The van der Waals surface area contributed by atoms with E-state index in [-0.39, 0.29) is 10.6 Å². The molecule has 1 aromatic rings. The van der Waals surface area contributed by atoms with Crippen molar-refractivity contribution in [1.29, 1.82) is 0 Å². The highest BCUT2D eigenvalue weighted by molar-refractivity contribution is 7.89. The number of benzene rings is 1. The highest BCUT2D eigenvalue weighted by Gasteiger charge is 2.33. The molecule has 0 aliphatic carbocycles. The van der Waals surface area contributed by atoms with Gasteiger partial charge in [-0.1, -0.05) is 6.07 Å². The maximum Gasteiger partial charge on any atom is 0.270 e. The van der Waals surface area contributed by atoms with Crippen LogP contribution in [0, 0.1) is 16.0 Å². The molecule has 1 atom stereocenters. The second kappa shape index (κ2) is 6.54. The minimum Gasteiger partial charge on any atom is -0.314 e. The Labute approximate surface area is 135 Å². The monoisotopic (exact) mass is 339 g/mol. The molecule has 0 radical (unpaired) electrons. The first-order valence-electron chi connectivity index (χ1n) is 7.96. The molecule has 2 aliphatic heterocycles. The minimum atomic E-state index is -3.66. The summed E-state index contributed by atoms with van der Waals surface area (Å²) in [6.07, 6.45) is 4.04. The molecule has 0 spiro atoms. The standard InChI is InChI=1S/C15H21N3O4S/c19-18(20)13-3-1-4-14(11-13)23(21,22)17-9-6-12(7-10-17)15-5-2-8-16-15/h1,3-4,11-12,15-16H,2,5-10H2. The van der Waals surface area contributed by atoms with E-state index in [0.717, 1.165) is 25.5 Å². The lowest BCUT2D eigenvalue weighted by atomic mass is 9.89. The molecule has 2 saturated heterocycles. The second-order valence-electron chi connectivity index (χ2n) is 6.20. The molecule has 1 unspecified atom stereocenters. The van der Waals surface area contributed by atoms with Crippen molar-refractivity contribution in [3.05, 3.63) is 34.4 Å². The quantitative estimate of drug-likeness (QED) is 0.666. The maximum absolute atomic E-state index is 12.7. The number of nitro benzene ring substituents is 1. The highest BCUT2D eigenvalue weighted by Crippen LogP contribution is 2.29. The number of sulfonamides is 1. The maximum atomic E-state index is 12.7. The molecular weight excluding hydrogens is 318 g/mol. The molecule has 0 aromatic heterocycles. The number of hydrogen-bond acceptors (Lipinski definition) is 5. The minimum absolute atomic E-state index is 0.00383. The summed E-state index contributed by atoms with van der Waals surface area (Å²) in [6, 6.07) is 5.79. The van der Waals surface area contributed by atoms with E-state index < -0.39 is 14.9 Å².